The summed E-state index contributed by atoms with van der Waals surface area (Å²) >= 11 is 3.60. The molecule has 0 radical (unpaired) electrons. The van der Waals surface area contributed by atoms with Crippen molar-refractivity contribution >= 4 is 38.7 Å². The molecule has 146 valence electrons. The number of unbranched alkanes of at least 4 members (excludes halogenated alkanes) is 2. The van der Waals surface area contributed by atoms with Gasteiger partial charge in [0.25, 0.3) is 0 Å². The first-order chi connectivity index (χ1) is 13.7. The van der Waals surface area contributed by atoms with Crippen molar-refractivity contribution in [3.63, 3.8) is 0 Å². The van der Waals surface area contributed by atoms with E-state index in [2.05, 4.69) is 70.9 Å². The third kappa shape index (κ3) is 4.30. The van der Waals surface area contributed by atoms with Crippen molar-refractivity contribution in [2.24, 2.45) is 0 Å². The second-order valence-electron chi connectivity index (χ2n) is 7.11. The Labute approximate surface area is 176 Å². The number of nitrogens with zero attached hydrogens (tertiary/aromatic N) is 1. The van der Waals surface area contributed by atoms with Crippen molar-refractivity contribution in [2.45, 2.75) is 51.4 Å². The molecule has 0 amide bonds. The Morgan fingerprint density at radius 2 is 1.86 bits per heavy atom. The zero-order valence-electron chi connectivity index (χ0n) is 16.7. The van der Waals surface area contributed by atoms with Gasteiger partial charge >= 0.3 is 0 Å². The van der Waals surface area contributed by atoms with E-state index >= 15 is 0 Å². The van der Waals surface area contributed by atoms with Crippen LogP contribution >= 0.6 is 15.9 Å². The van der Waals surface area contributed by atoms with Crippen LogP contribution in [0.2, 0.25) is 0 Å². The highest BCUT2D eigenvalue weighted by Crippen LogP contribution is 2.28. The highest BCUT2D eigenvalue weighted by atomic mass is 79.9. The molecule has 0 aliphatic rings. The summed E-state index contributed by atoms with van der Waals surface area (Å²) in [6.45, 7) is 5.28. The van der Waals surface area contributed by atoms with Crippen molar-refractivity contribution < 1.29 is 4.79 Å². The maximum atomic E-state index is 13.6. The molecule has 3 rings (SSSR count). The molecule has 2 nitrogen and oxygen atoms in total. The van der Waals surface area contributed by atoms with Crippen LogP contribution in [-0.4, -0.2) is 10.4 Å². The zero-order chi connectivity index (χ0) is 19.9. The Hall–Kier alpha value is -2.13. The van der Waals surface area contributed by atoms with E-state index in [1.54, 1.807) is 0 Å². The number of hydrogen-bond acceptors (Lipinski definition) is 1. The second-order valence-corrected chi connectivity index (χ2v) is 7.67. The molecular formula is C25H28BrNO. The van der Waals surface area contributed by atoms with Gasteiger partial charge in [-0.05, 0) is 30.0 Å². The highest BCUT2D eigenvalue weighted by Gasteiger charge is 2.19. The quantitative estimate of drug-likeness (QED) is 0.194. The molecule has 0 saturated heterocycles. The molecule has 3 aromatic rings. The number of rotatable bonds is 9. The van der Waals surface area contributed by atoms with Crippen LogP contribution in [0.5, 0.6) is 0 Å². The van der Waals surface area contributed by atoms with Gasteiger partial charge in [-0.1, -0.05) is 91.2 Å². The van der Waals surface area contributed by atoms with Gasteiger partial charge < -0.3 is 4.57 Å². The number of carbonyl (C=O) groups is 1. The third-order valence-electron chi connectivity index (χ3n) is 5.16. The molecule has 0 bridgehead atoms. The van der Waals surface area contributed by atoms with Crippen molar-refractivity contribution in [3.8, 4) is 0 Å². The first-order valence-corrected chi connectivity index (χ1v) is 11.3. The Kier molecular flexibility index (Phi) is 7.27. The van der Waals surface area contributed by atoms with E-state index in [9.17, 15) is 4.79 Å². The van der Waals surface area contributed by atoms with Crippen LogP contribution in [0.25, 0.3) is 17.0 Å². The molecule has 2 aromatic carbocycles. The summed E-state index contributed by atoms with van der Waals surface area (Å²) in [5.74, 6) is 0.103. The molecule has 0 spiro atoms. The molecule has 0 aliphatic heterocycles. The van der Waals surface area contributed by atoms with Crippen LogP contribution in [-0.2, 0) is 11.9 Å². The predicted octanol–water partition coefficient (Wildman–Crippen LogP) is 7.38. The minimum atomic E-state index is 0.103. The summed E-state index contributed by atoms with van der Waals surface area (Å²) in [5, 5.41) is 1.70. The molecule has 28 heavy (non-hydrogen) atoms. The minimum Gasteiger partial charge on any atom is -0.347 e. The van der Waals surface area contributed by atoms with Crippen LogP contribution in [0.15, 0.2) is 54.7 Å². The molecule has 1 aromatic heterocycles. The Morgan fingerprint density at radius 3 is 2.61 bits per heavy atom. The number of halogens is 1. The largest absolute Gasteiger partial charge is 0.347 e. The maximum absolute atomic E-state index is 13.6. The number of aromatic nitrogens is 1. The van der Waals surface area contributed by atoms with Gasteiger partial charge in [-0.15, -0.1) is 0 Å². The van der Waals surface area contributed by atoms with Crippen molar-refractivity contribution in [1.82, 2.24) is 4.57 Å². The summed E-state index contributed by atoms with van der Waals surface area (Å²) in [4.78, 5) is 13.6. The van der Waals surface area contributed by atoms with Gasteiger partial charge in [-0.3, -0.25) is 4.79 Å². The number of hydrogen-bond donors (Lipinski definition) is 0. The fraction of sp³-hybridized carbons (Fsp3) is 0.320. The molecule has 0 aliphatic carbocycles. The Morgan fingerprint density at radius 1 is 1.04 bits per heavy atom. The number of benzene rings is 2. The second kappa shape index (κ2) is 9.88. The van der Waals surface area contributed by atoms with Crippen LogP contribution in [0.4, 0.5) is 0 Å². The number of allylic oxidation sites excluding steroid dienone is 1. The van der Waals surface area contributed by atoms with Gasteiger partial charge in [-0.25, -0.2) is 0 Å². The lowest BCUT2D eigenvalue weighted by molar-refractivity contribution is 0.103. The normalized spacial score (nSPS) is 11.5. The lowest BCUT2D eigenvalue weighted by Gasteiger charge is -2.09. The molecule has 0 unspecified atom stereocenters. The fourth-order valence-corrected chi connectivity index (χ4v) is 4.28. The van der Waals surface area contributed by atoms with Crippen molar-refractivity contribution in [2.75, 3.05) is 0 Å². The first kappa shape index (κ1) is 20.6. The lowest BCUT2D eigenvalue weighted by atomic mass is 9.95. The maximum Gasteiger partial charge on any atom is 0.195 e. The number of ketones is 1. The molecule has 0 saturated carbocycles. The average molecular weight is 438 g/mol. The standard InChI is InChI=1S/C25H28BrNO/c1-3-5-9-16-27-18-23(20-13-7-8-15-24(20)27)25(28)21-14-10-12-19(11-6-4-2)22(21)17-26/h6-8,10-15,18H,3-5,9,16-17H2,1-2H3/b11-6-. The van der Waals surface area contributed by atoms with Gasteiger partial charge in [0.05, 0.1) is 0 Å². The number of para-hydroxylation sites is 1. The van der Waals surface area contributed by atoms with Crippen LogP contribution in [0.1, 0.15) is 66.6 Å². The van der Waals surface area contributed by atoms with Gasteiger partial charge in [0, 0.05) is 40.1 Å². The van der Waals surface area contributed by atoms with Crippen LogP contribution < -0.4 is 0 Å². The molecule has 3 heteroatoms. The van der Waals surface area contributed by atoms with Gasteiger partial charge in [0.2, 0.25) is 0 Å². The molecule has 0 atom stereocenters. The molecule has 0 fully saturated rings. The van der Waals surface area contributed by atoms with Crippen molar-refractivity contribution in [3.05, 3.63) is 77.0 Å². The molecular weight excluding hydrogens is 410 g/mol. The van der Waals surface area contributed by atoms with Crippen LogP contribution in [0.3, 0.4) is 0 Å². The van der Waals surface area contributed by atoms with Gasteiger partial charge in [-0.2, -0.15) is 0 Å². The number of fused-ring (bicyclic) bond motifs is 1. The predicted molar refractivity (Wildman–Crippen MR) is 123 cm³/mol. The van der Waals surface area contributed by atoms with E-state index < -0.39 is 0 Å². The van der Waals surface area contributed by atoms with Crippen LogP contribution in [0, 0.1) is 0 Å². The Bertz CT molecular complexity index is 983. The fourth-order valence-electron chi connectivity index (χ4n) is 3.66. The highest BCUT2D eigenvalue weighted by molar-refractivity contribution is 9.08. The summed E-state index contributed by atoms with van der Waals surface area (Å²) in [6.07, 6.45) is 10.8. The number of alkyl halides is 1. The Balaban J connectivity index is 2.06. The topological polar surface area (TPSA) is 22.0 Å². The van der Waals surface area contributed by atoms with E-state index in [-0.39, 0.29) is 5.78 Å². The average Bonchev–Trinajstić information content (AvgIpc) is 3.10. The van der Waals surface area contributed by atoms with E-state index in [0.717, 1.165) is 52.5 Å². The SMILES string of the molecule is CC/C=C\c1cccc(C(=O)c2cn(CCCCC)c3ccccc23)c1CBr. The van der Waals surface area contributed by atoms with Crippen molar-refractivity contribution in [1.29, 1.82) is 0 Å². The van der Waals surface area contributed by atoms with E-state index in [1.165, 1.54) is 12.8 Å². The summed E-state index contributed by atoms with van der Waals surface area (Å²) in [7, 11) is 0. The number of aryl methyl sites for hydroxylation is 1. The van der Waals surface area contributed by atoms with E-state index in [4.69, 9.17) is 0 Å². The summed E-state index contributed by atoms with van der Waals surface area (Å²) in [5.41, 5.74) is 4.89. The first-order valence-electron chi connectivity index (χ1n) is 10.2. The summed E-state index contributed by atoms with van der Waals surface area (Å²) in [6, 6.07) is 14.2. The minimum absolute atomic E-state index is 0.103. The third-order valence-corrected chi connectivity index (χ3v) is 5.72. The molecule has 0 N–H and O–H groups in total. The van der Waals surface area contributed by atoms with E-state index in [1.807, 2.05) is 24.3 Å². The van der Waals surface area contributed by atoms with Gasteiger partial charge in [0.15, 0.2) is 5.78 Å². The van der Waals surface area contributed by atoms with Gasteiger partial charge in [0.1, 0.15) is 0 Å². The lowest BCUT2D eigenvalue weighted by Crippen LogP contribution is -2.06. The van der Waals surface area contributed by atoms with E-state index in [0.29, 0.717) is 5.33 Å². The zero-order valence-corrected chi connectivity index (χ0v) is 18.3. The summed E-state index contributed by atoms with van der Waals surface area (Å²) < 4.78 is 2.24. The monoisotopic (exact) mass is 437 g/mol. The number of carbonyl (C=O) groups excluding carboxylic acids is 1. The molecule has 1 heterocycles. The smallest absolute Gasteiger partial charge is 0.195 e.